The Morgan fingerprint density at radius 2 is 0.895 bits per heavy atom. The molecule has 2 fully saturated rings. The largest absolute Gasteiger partial charge is 0.311 e. The SMILES string of the molecule is c1ccc(N2c3cc4c(cc3B3c5ccccc5N(c5ccc6c(c5)-c5ccccc5C65CCCCC5)c5cccc2c53)C2(CCCCC2)c2ccccc2-4)cc1. The monoisotopic (exact) mass is 732 g/mol. The number of hydrogen-bond acceptors (Lipinski definition) is 2. The van der Waals surface area contributed by atoms with Crippen molar-refractivity contribution < 1.29 is 0 Å². The van der Waals surface area contributed by atoms with Crippen molar-refractivity contribution in [3.05, 3.63) is 174 Å². The molecule has 0 radical (unpaired) electrons. The summed E-state index contributed by atoms with van der Waals surface area (Å²) in [4.78, 5) is 5.18. The van der Waals surface area contributed by atoms with Gasteiger partial charge in [0.1, 0.15) is 0 Å². The summed E-state index contributed by atoms with van der Waals surface area (Å²) in [6.45, 7) is 0.119. The molecule has 0 amide bonds. The molecule has 13 rings (SSSR count). The highest BCUT2D eigenvalue weighted by atomic mass is 15.2. The summed E-state index contributed by atoms with van der Waals surface area (Å²) in [7, 11) is 0. The number of hydrogen-bond donors (Lipinski definition) is 0. The number of fused-ring (bicyclic) bond motifs is 14. The molecule has 7 aromatic rings. The lowest BCUT2D eigenvalue weighted by Crippen LogP contribution is -2.61. The van der Waals surface area contributed by atoms with Crippen LogP contribution in [-0.4, -0.2) is 6.71 Å². The molecule has 0 atom stereocenters. The van der Waals surface area contributed by atoms with Gasteiger partial charge in [-0.3, -0.25) is 0 Å². The highest BCUT2D eigenvalue weighted by Crippen LogP contribution is 2.59. The third kappa shape index (κ3) is 4.22. The van der Waals surface area contributed by atoms with Crippen molar-refractivity contribution >= 4 is 57.2 Å². The average Bonchev–Trinajstić information content (AvgIpc) is 3.68. The summed E-state index contributed by atoms with van der Waals surface area (Å²) in [6.07, 6.45) is 12.9. The zero-order valence-corrected chi connectivity index (χ0v) is 32.5. The Bertz CT molecular complexity index is 2790. The molecule has 2 spiro atoms. The summed E-state index contributed by atoms with van der Waals surface area (Å²) < 4.78 is 0. The van der Waals surface area contributed by atoms with Crippen LogP contribution >= 0.6 is 0 Å². The molecule has 0 N–H and O–H groups in total. The second kappa shape index (κ2) is 11.9. The molecule has 57 heavy (non-hydrogen) atoms. The Kier molecular flexibility index (Phi) is 6.73. The van der Waals surface area contributed by atoms with Gasteiger partial charge in [-0.1, -0.05) is 142 Å². The lowest BCUT2D eigenvalue weighted by atomic mass is 9.33. The second-order valence-electron chi connectivity index (χ2n) is 17.8. The smallest absolute Gasteiger partial charge is 0.252 e. The van der Waals surface area contributed by atoms with E-state index in [2.05, 4.69) is 161 Å². The molecule has 0 saturated heterocycles. The number of nitrogens with zero attached hydrogens (tertiary/aromatic N) is 2. The molecule has 0 unspecified atom stereocenters. The van der Waals surface area contributed by atoms with Crippen LogP contribution in [0.4, 0.5) is 34.1 Å². The second-order valence-corrected chi connectivity index (χ2v) is 17.8. The van der Waals surface area contributed by atoms with Crippen molar-refractivity contribution in [3.8, 4) is 22.3 Å². The molecule has 2 heterocycles. The predicted molar refractivity (Wildman–Crippen MR) is 239 cm³/mol. The summed E-state index contributed by atoms with van der Waals surface area (Å²) in [6, 6.07) is 59.0. The highest BCUT2D eigenvalue weighted by Gasteiger charge is 2.49. The third-order valence-electron chi connectivity index (χ3n) is 15.2. The van der Waals surface area contributed by atoms with Gasteiger partial charge in [0.15, 0.2) is 0 Å². The molecule has 0 bridgehead atoms. The van der Waals surface area contributed by atoms with Crippen LogP contribution in [0.2, 0.25) is 0 Å². The quantitative estimate of drug-likeness (QED) is 0.163. The van der Waals surface area contributed by atoms with E-state index in [9.17, 15) is 0 Å². The van der Waals surface area contributed by atoms with E-state index in [1.807, 2.05) is 0 Å². The third-order valence-corrected chi connectivity index (χ3v) is 15.2. The van der Waals surface area contributed by atoms with Crippen molar-refractivity contribution in [2.24, 2.45) is 0 Å². The van der Waals surface area contributed by atoms with Gasteiger partial charge in [0, 0.05) is 45.0 Å². The van der Waals surface area contributed by atoms with Crippen LogP contribution in [0.1, 0.15) is 86.5 Å². The number of rotatable bonds is 2. The zero-order valence-electron chi connectivity index (χ0n) is 32.5. The van der Waals surface area contributed by atoms with E-state index in [0.29, 0.717) is 0 Å². The molecule has 4 aliphatic carbocycles. The summed E-state index contributed by atoms with van der Waals surface area (Å²) >= 11 is 0. The van der Waals surface area contributed by atoms with Gasteiger partial charge in [-0.05, 0) is 135 Å². The van der Waals surface area contributed by atoms with Crippen LogP contribution in [0.25, 0.3) is 22.3 Å². The van der Waals surface area contributed by atoms with Gasteiger partial charge < -0.3 is 9.80 Å². The van der Waals surface area contributed by atoms with E-state index in [1.165, 1.54) is 137 Å². The van der Waals surface area contributed by atoms with Crippen LogP contribution in [0, 0.1) is 0 Å². The highest BCUT2D eigenvalue weighted by molar-refractivity contribution is 7.00. The van der Waals surface area contributed by atoms with E-state index in [0.717, 1.165) is 0 Å². The van der Waals surface area contributed by atoms with Crippen LogP contribution in [-0.2, 0) is 10.8 Å². The first-order valence-electron chi connectivity index (χ1n) is 21.7. The molecular formula is C54H45BN2. The zero-order chi connectivity index (χ0) is 37.3. The minimum absolute atomic E-state index is 0.0905. The van der Waals surface area contributed by atoms with Crippen LogP contribution in [0.3, 0.4) is 0 Å². The maximum Gasteiger partial charge on any atom is 0.252 e. The molecule has 0 aromatic heterocycles. The lowest BCUT2D eigenvalue weighted by Gasteiger charge is -2.45. The molecule has 7 aromatic carbocycles. The van der Waals surface area contributed by atoms with Crippen molar-refractivity contribution in [2.45, 2.75) is 75.0 Å². The van der Waals surface area contributed by atoms with Crippen molar-refractivity contribution in [1.29, 1.82) is 0 Å². The molecule has 2 saturated carbocycles. The topological polar surface area (TPSA) is 6.48 Å². The summed E-state index contributed by atoms with van der Waals surface area (Å²) in [5.74, 6) is 0. The van der Waals surface area contributed by atoms with Gasteiger partial charge in [-0.25, -0.2) is 0 Å². The Balaban J connectivity index is 1.06. The predicted octanol–water partition coefficient (Wildman–Crippen LogP) is 12.2. The Morgan fingerprint density at radius 3 is 1.60 bits per heavy atom. The molecule has 3 heteroatoms. The van der Waals surface area contributed by atoms with E-state index < -0.39 is 0 Å². The van der Waals surface area contributed by atoms with E-state index in [4.69, 9.17) is 0 Å². The fourth-order valence-corrected chi connectivity index (χ4v) is 12.9. The Hall–Kier alpha value is -5.80. The van der Waals surface area contributed by atoms with Crippen molar-refractivity contribution in [1.82, 2.24) is 0 Å². The van der Waals surface area contributed by atoms with Crippen LogP contribution < -0.4 is 26.2 Å². The number of benzene rings is 7. The summed E-state index contributed by atoms with van der Waals surface area (Å²) in [5, 5.41) is 0. The van der Waals surface area contributed by atoms with E-state index >= 15 is 0 Å². The van der Waals surface area contributed by atoms with Gasteiger partial charge in [0.25, 0.3) is 6.71 Å². The molecule has 2 nitrogen and oxygen atoms in total. The average molecular weight is 733 g/mol. The lowest BCUT2D eigenvalue weighted by molar-refractivity contribution is 0.353. The van der Waals surface area contributed by atoms with Gasteiger partial charge >= 0.3 is 0 Å². The molecular weight excluding hydrogens is 687 g/mol. The van der Waals surface area contributed by atoms with Crippen LogP contribution in [0.15, 0.2) is 152 Å². The normalized spacial score (nSPS) is 18.4. The molecule has 2 aliphatic heterocycles. The van der Waals surface area contributed by atoms with E-state index in [-0.39, 0.29) is 17.5 Å². The minimum Gasteiger partial charge on any atom is -0.311 e. The first kappa shape index (κ1) is 32.3. The molecule has 274 valence electrons. The minimum atomic E-state index is 0.0905. The van der Waals surface area contributed by atoms with E-state index in [1.54, 1.807) is 22.3 Å². The van der Waals surface area contributed by atoms with Crippen LogP contribution in [0.5, 0.6) is 0 Å². The maximum atomic E-state index is 2.69. The fourth-order valence-electron chi connectivity index (χ4n) is 12.9. The fraction of sp³-hybridized carbons (Fsp3) is 0.222. The Labute approximate surface area is 336 Å². The summed E-state index contributed by atoms with van der Waals surface area (Å²) in [5.41, 5.74) is 24.0. The standard InChI is InChI=1S/C54H45BN2/c1-4-17-36(18-5-1)56-49-25-16-26-50-52(49)55(47-35-45-41(34-51(47)56)39-20-7-9-22-43(39)54(45)31-14-3-15-32-54)46-23-10-11-24-48(46)57(50)37-27-28-44-40(33-37)38-19-6-8-21-42(38)53(44)29-12-2-13-30-53/h1,4-11,16-28,33-35H,2-3,12-15,29-32H2. The van der Waals surface area contributed by atoms with Crippen molar-refractivity contribution in [2.75, 3.05) is 9.80 Å². The number of para-hydroxylation sites is 2. The van der Waals surface area contributed by atoms with Gasteiger partial charge in [-0.15, -0.1) is 0 Å². The van der Waals surface area contributed by atoms with Gasteiger partial charge in [0.05, 0.1) is 0 Å². The van der Waals surface area contributed by atoms with Gasteiger partial charge in [-0.2, -0.15) is 0 Å². The first-order valence-corrected chi connectivity index (χ1v) is 21.7. The number of anilines is 6. The van der Waals surface area contributed by atoms with Gasteiger partial charge in [0.2, 0.25) is 0 Å². The maximum absolute atomic E-state index is 2.69. The van der Waals surface area contributed by atoms with Crippen molar-refractivity contribution in [3.63, 3.8) is 0 Å². The Morgan fingerprint density at radius 1 is 0.351 bits per heavy atom. The first-order chi connectivity index (χ1) is 28.3. The molecule has 6 aliphatic rings.